The fourth-order valence-corrected chi connectivity index (χ4v) is 0.822. The third-order valence-electron chi connectivity index (χ3n) is 1.93. The maximum absolute atomic E-state index is 2.34. The van der Waals surface area contributed by atoms with E-state index >= 15 is 0 Å². The van der Waals surface area contributed by atoms with Gasteiger partial charge in [-0.25, -0.2) is 0 Å². The minimum absolute atomic E-state index is 0. The molecule has 0 rings (SSSR count). The largest absolute Gasteiger partial charge is 0.412 e. The van der Waals surface area contributed by atoms with Crippen molar-refractivity contribution in [3.63, 3.8) is 0 Å². The van der Waals surface area contributed by atoms with Crippen LogP contribution < -0.4 is 6.15 Å². The standard InChI is InChI=1S/C9H20.H3N.H2O/c1-5-9(4)7-6-8(2)3;;/h8-9H,5-7H2,1-4H3;1H3;1H2. The smallest absolute Gasteiger partial charge is 0.0445 e. The van der Waals surface area contributed by atoms with Crippen LogP contribution >= 0.6 is 0 Å². The normalized spacial score (nSPS) is 11.7. The van der Waals surface area contributed by atoms with Gasteiger partial charge in [-0.2, -0.15) is 0 Å². The molecule has 0 aliphatic rings. The lowest BCUT2D eigenvalue weighted by Gasteiger charge is -2.09. The molecule has 0 aliphatic carbocycles. The molecule has 1 unspecified atom stereocenters. The maximum atomic E-state index is 2.34. The quantitative estimate of drug-likeness (QED) is 0.680. The van der Waals surface area contributed by atoms with Gasteiger partial charge in [-0.15, -0.1) is 0 Å². The molecule has 0 bridgehead atoms. The van der Waals surface area contributed by atoms with E-state index in [2.05, 4.69) is 27.7 Å². The van der Waals surface area contributed by atoms with Gasteiger partial charge in [0.05, 0.1) is 0 Å². The Morgan fingerprint density at radius 2 is 1.45 bits per heavy atom. The van der Waals surface area contributed by atoms with Crippen molar-refractivity contribution in [2.45, 2.75) is 47.0 Å². The molecule has 0 saturated heterocycles. The lowest BCUT2D eigenvalue weighted by atomic mass is 9.98. The molecule has 0 aromatic rings. The van der Waals surface area contributed by atoms with Crippen LogP contribution in [0.3, 0.4) is 0 Å². The lowest BCUT2D eigenvalue weighted by molar-refractivity contribution is 0.441. The lowest BCUT2D eigenvalue weighted by Crippen LogP contribution is -1.95. The molecule has 0 aromatic carbocycles. The fraction of sp³-hybridized carbons (Fsp3) is 1.00. The molecule has 72 valence electrons. The maximum Gasteiger partial charge on any atom is -0.0445 e. The molecule has 0 spiro atoms. The van der Waals surface area contributed by atoms with Crippen molar-refractivity contribution < 1.29 is 5.48 Å². The van der Waals surface area contributed by atoms with E-state index in [1.807, 2.05) is 0 Å². The summed E-state index contributed by atoms with van der Waals surface area (Å²) >= 11 is 0. The highest BCUT2D eigenvalue weighted by atomic mass is 16.0. The molecular weight excluding hydrogens is 138 g/mol. The van der Waals surface area contributed by atoms with E-state index in [0.29, 0.717) is 0 Å². The van der Waals surface area contributed by atoms with E-state index in [1.165, 1.54) is 19.3 Å². The van der Waals surface area contributed by atoms with Crippen molar-refractivity contribution in [1.82, 2.24) is 6.15 Å². The third kappa shape index (κ3) is 13.0. The van der Waals surface area contributed by atoms with Crippen LogP contribution in [0, 0.1) is 11.8 Å². The SMILES string of the molecule is CCC(C)CCC(C)C.N.O. The summed E-state index contributed by atoms with van der Waals surface area (Å²) in [6.45, 7) is 9.19. The predicted molar refractivity (Wildman–Crippen MR) is 52.2 cm³/mol. The highest BCUT2D eigenvalue weighted by Gasteiger charge is 1.99. The van der Waals surface area contributed by atoms with Gasteiger partial charge in [-0.1, -0.05) is 47.0 Å². The van der Waals surface area contributed by atoms with E-state index < -0.39 is 0 Å². The van der Waals surface area contributed by atoms with Gasteiger partial charge in [-0.05, 0) is 11.8 Å². The topological polar surface area (TPSA) is 66.5 Å². The second-order valence-corrected chi connectivity index (χ2v) is 3.48. The summed E-state index contributed by atoms with van der Waals surface area (Å²) in [7, 11) is 0. The molecule has 0 saturated carbocycles. The van der Waals surface area contributed by atoms with Crippen molar-refractivity contribution in [2.75, 3.05) is 0 Å². The molecule has 0 fully saturated rings. The van der Waals surface area contributed by atoms with Crippen molar-refractivity contribution in [1.29, 1.82) is 0 Å². The number of rotatable bonds is 4. The van der Waals surface area contributed by atoms with Gasteiger partial charge in [0.25, 0.3) is 0 Å². The molecule has 5 N–H and O–H groups in total. The zero-order valence-electron chi connectivity index (χ0n) is 8.48. The summed E-state index contributed by atoms with van der Waals surface area (Å²) in [5.41, 5.74) is 0. The first-order valence-corrected chi connectivity index (χ1v) is 4.16. The Kier molecular flexibility index (Phi) is 15.4. The number of hydrogen-bond donors (Lipinski definition) is 1. The highest BCUT2D eigenvalue weighted by Crippen LogP contribution is 2.13. The summed E-state index contributed by atoms with van der Waals surface area (Å²) in [5, 5.41) is 0. The fourth-order valence-electron chi connectivity index (χ4n) is 0.822. The summed E-state index contributed by atoms with van der Waals surface area (Å²) in [6, 6.07) is 0. The first-order chi connectivity index (χ1) is 4.16. The van der Waals surface area contributed by atoms with Gasteiger partial charge >= 0.3 is 0 Å². The van der Waals surface area contributed by atoms with Crippen molar-refractivity contribution in [3.8, 4) is 0 Å². The zero-order valence-corrected chi connectivity index (χ0v) is 8.48. The first-order valence-electron chi connectivity index (χ1n) is 4.16. The van der Waals surface area contributed by atoms with E-state index in [4.69, 9.17) is 0 Å². The summed E-state index contributed by atoms with van der Waals surface area (Å²) in [4.78, 5) is 0. The van der Waals surface area contributed by atoms with Gasteiger partial charge < -0.3 is 11.6 Å². The van der Waals surface area contributed by atoms with Gasteiger partial charge in [0, 0.05) is 0 Å². The summed E-state index contributed by atoms with van der Waals surface area (Å²) in [5.74, 6) is 1.83. The van der Waals surface area contributed by atoms with Gasteiger partial charge in [0.1, 0.15) is 0 Å². The Balaban J connectivity index is -0.000000320. The third-order valence-corrected chi connectivity index (χ3v) is 1.93. The Hall–Kier alpha value is -0.0800. The van der Waals surface area contributed by atoms with Gasteiger partial charge in [-0.3, -0.25) is 0 Å². The average molecular weight is 163 g/mol. The van der Waals surface area contributed by atoms with Crippen molar-refractivity contribution in [2.24, 2.45) is 11.8 Å². The number of hydrogen-bond acceptors (Lipinski definition) is 1. The first kappa shape index (κ1) is 17.1. The minimum atomic E-state index is 0. The van der Waals surface area contributed by atoms with Crippen LogP contribution in [-0.4, -0.2) is 5.48 Å². The molecule has 0 amide bonds. The zero-order chi connectivity index (χ0) is 7.28. The molecule has 11 heavy (non-hydrogen) atoms. The van der Waals surface area contributed by atoms with E-state index in [1.54, 1.807) is 0 Å². The second-order valence-electron chi connectivity index (χ2n) is 3.48. The van der Waals surface area contributed by atoms with Gasteiger partial charge in [0.2, 0.25) is 0 Å². The van der Waals surface area contributed by atoms with Crippen LogP contribution in [0.2, 0.25) is 0 Å². The van der Waals surface area contributed by atoms with Crippen LogP contribution in [0.4, 0.5) is 0 Å². The Morgan fingerprint density at radius 3 is 1.73 bits per heavy atom. The molecule has 0 radical (unpaired) electrons. The molecule has 2 nitrogen and oxygen atoms in total. The van der Waals surface area contributed by atoms with E-state index in [0.717, 1.165) is 11.8 Å². The Morgan fingerprint density at radius 1 is 1.00 bits per heavy atom. The average Bonchev–Trinajstić information content (AvgIpc) is 1.83. The molecule has 1 atom stereocenters. The van der Waals surface area contributed by atoms with Crippen LogP contribution in [0.15, 0.2) is 0 Å². The van der Waals surface area contributed by atoms with Gasteiger partial charge in [0.15, 0.2) is 0 Å². The minimum Gasteiger partial charge on any atom is -0.412 e. The summed E-state index contributed by atoms with van der Waals surface area (Å²) in [6.07, 6.45) is 4.15. The highest BCUT2D eigenvalue weighted by molar-refractivity contribution is 4.52. The Labute approximate surface area is 71.3 Å². The van der Waals surface area contributed by atoms with Crippen LogP contribution in [0.5, 0.6) is 0 Å². The van der Waals surface area contributed by atoms with Crippen LogP contribution in [0.1, 0.15) is 47.0 Å². The summed E-state index contributed by atoms with van der Waals surface area (Å²) < 4.78 is 0. The predicted octanol–water partition coefficient (Wildman–Crippen LogP) is 2.81. The van der Waals surface area contributed by atoms with E-state index in [9.17, 15) is 0 Å². The van der Waals surface area contributed by atoms with Crippen LogP contribution in [-0.2, 0) is 0 Å². The molecule has 0 aliphatic heterocycles. The van der Waals surface area contributed by atoms with Crippen molar-refractivity contribution in [3.05, 3.63) is 0 Å². The molecule has 0 heterocycles. The van der Waals surface area contributed by atoms with Crippen LogP contribution in [0.25, 0.3) is 0 Å². The Bertz CT molecular complexity index is 64.6. The van der Waals surface area contributed by atoms with E-state index in [-0.39, 0.29) is 11.6 Å². The monoisotopic (exact) mass is 163 g/mol. The van der Waals surface area contributed by atoms with Crippen molar-refractivity contribution >= 4 is 0 Å². The molecular formula is C9H25NO. The second kappa shape index (κ2) is 9.92. The molecule has 2 heteroatoms. The molecule has 0 aromatic heterocycles.